The first-order chi connectivity index (χ1) is 6.36. The molecule has 1 atom stereocenters. The van der Waals surface area contributed by atoms with E-state index in [1.807, 2.05) is 17.6 Å². The number of aliphatic imine (C=N–C) groups is 1. The molecule has 2 heteroatoms. The van der Waals surface area contributed by atoms with E-state index in [4.69, 9.17) is 0 Å². The number of rotatable bonds is 0. The zero-order valence-electron chi connectivity index (χ0n) is 7.32. The van der Waals surface area contributed by atoms with Crippen molar-refractivity contribution in [3.63, 3.8) is 0 Å². The van der Waals surface area contributed by atoms with Crippen molar-refractivity contribution in [2.75, 3.05) is 0 Å². The Bertz CT molecular complexity index is 496. The average Bonchev–Trinajstić information content (AvgIpc) is 2.67. The van der Waals surface area contributed by atoms with Crippen LogP contribution in [0.15, 0.2) is 29.3 Å². The lowest BCUT2D eigenvalue weighted by Gasteiger charge is -1.93. The lowest BCUT2D eigenvalue weighted by atomic mass is 10.1. The highest BCUT2D eigenvalue weighted by molar-refractivity contribution is 7.19. The molecule has 0 fully saturated rings. The maximum atomic E-state index is 4.40. The highest BCUT2D eigenvalue weighted by atomic mass is 32.1. The summed E-state index contributed by atoms with van der Waals surface area (Å²) in [6.45, 7) is 2.15. The van der Waals surface area contributed by atoms with Crippen LogP contribution in [0.3, 0.4) is 0 Å². The molecule has 1 aliphatic rings. The van der Waals surface area contributed by atoms with Crippen LogP contribution in [-0.2, 0) is 0 Å². The van der Waals surface area contributed by atoms with Crippen LogP contribution in [0.2, 0.25) is 0 Å². The largest absolute Gasteiger partial charge is 0.284 e. The van der Waals surface area contributed by atoms with Crippen LogP contribution in [0.25, 0.3) is 10.1 Å². The first-order valence-corrected chi connectivity index (χ1v) is 5.22. The van der Waals surface area contributed by atoms with Crippen molar-refractivity contribution in [1.29, 1.82) is 0 Å². The third kappa shape index (κ3) is 0.893. The number of hydrogen-bond donors (Lipinski definition) is 0. The molecule has 2 heterocycles. The Morgan fingerprint density at radius 1 is 1.31 bits per heavy atom. The molecule has 0 spiro atoms. The molecule has 1 aromatic heterocycles. The molecule has 3 rings (SSSR count). The van der Waals surface area contributed by atoms with Gasteiger partial charge in [-0.05, 0) is 13.0 Å². The Morgan fingerprint density at radius 3 is 3.08 bits per heavy atom. The molecule has 0 N–H and O–H groups in total. The molecule has 0 radical (unpaired) electrons. The van der Waals surface area contributed by atoms with Crippen LogP contribution in [-0.4, -0.2) is 6.21 Å². The predicted octanol–water partition coefficient (Wildman–Crippen LogP) is 3.39. The molecule has 0 saturated carbocycles. The van der Waals surface area contributed by atoms with Crippen molar-refractivity contribution >= 4 is 27.6 Å². The van der Waals surface area contributed by atoms with Crippen LogP contribution >= 0.6 is 11.3 Å². The fourth-order valence-electron chi connectivity index (χ4n) is 1.78. The zero-order chi connectivity index (χ0) is 8.84. The minimum absolute atomic E-state index is 0.368. The van der Waals surface area contributed by atoms with E-state index >= 15 is 0 Å². The Hall–Kier alpha value is -1.15. The van der Waals surface area contributed by atoms with E-state index in [0.29, 0.717) is 6.04 Å². The van der Waals surface area contributed by atoms with Gasteiger partial charge in [0.1, 0.15) is 0 Å². The molecule has 1 aromatic carbocycles. The van der Waals surface area contributed by atoms with Gasteiger partial charge in [0.05, 0.1) is 6.04 Å². The summed E-state index contributed by atoms with van der Waals surface area (Å²) in [4.78, 5) is 5.82. The molecule has 64 valence electrons. The van der Waals surface area contributed by atoms with E-state index in [1.54, 1.807) is 0 Å². The van der Waals surface area contributed by atoms with Gasteiger partial charge in [0.25, 0.3) is 0 Å². The highest BCUT2D eigenvalue weighted by Crippen LogP contribution is 2.38. The van der Waals surface area contributed by atoms with Crippen LogP contribution in [0.1, 0.15) is 23.4 Å². The Balaban J connectivity index is 2.44. The summed E-state index contributed by atoms with van der Waals surface area (Å²) >= 11 is 1.87. The average molecular weight is 187 g/mol. The van der Waals surface area contributed by atoms with E-state index < -0.39 is 0 Å². The molecular weight excluding hydrogens is 178 g/mol. The van der Waals surface area contributed by atoms with E-state index in [2.05, 4.69) is 36.2 Å². The second-order valence-electron chi connectivity index (χ2n) is 3.33. The van der Waals surface area contributed by atoms with E-state index in [9.17, 15) is 0 Å². The quantitative estimate of drug-likeness (QED) is 0.599. The summed E-state index contributed by atoms with van der Waals surface area (Å²) in [6.07, 6.45) is 2.01. The topological polar surface area (TPSA) is 12.4 Å². The lowest BCUT2D eigenvalue weighted by Crippen LogP contribution is -1.78. The van der Waals surface area contributed by atoms with Gasteiger partial charge in [-0.25, -0.2) is 0 Å². The van der Waals surface area contributed by atoms with Gasteiger partial charge in [0.2, 0.25) is 0 Å². The first-order valence-electron chi connectivity index (χ1n) is 4.41. The number of nitrogens with zero attached hydrogens (tertiary/aromatic N) is 1. The minimum Gasteiger partial charge on any atom is -0.284 e. The van der Waals surface area contributed by atoms with Crippen molar-refractivity contribution in [3.05, 3.63) is 34.7 Å². The second-order valence-corrected chi connectivity index (χ2v) is 4.41. The lowest BCUT2D eigenvalue weighted by molar-refractivity contribution is 0.864. The third-order valence-electron chi connectivity index (χ3n) is 2.47. The monoisotopic (exact) mass is 187 g/mol. The molecule has 0 saturated heterocycles. The van der Waals surface area contributed by atoms with Gasteiger partial charge in [0, 0.05) is 26.7 Å². The van der Waals surface area contributed by atoms with Gasteiger partial charge in [-0.1, -0.05) is 18.2 Å². The standard InChI is InChI=1S/C11H9NS/c1-7-11-9(6-12-7)8-4-2-3-5-10(8)13-11/h2-7H,1H3. The number of thiophene rings is 1. The van der Waals surface area contributed by atoms with Gasteiger partial charge in [-0.2, -0.15) is 0 Å². The van der Waals surface area contributed by atoms with E-state index in [0.717, 1.165) is 0 Å². The highest BCUT2D eigenvalue weighted by Gasteiger charge is 2.19. The molecule has 0 bridgehead atoms. The molecule has 13 heavy (non-hydrogen) atoms. The van der Waals surface area contributed by atoms with E-state index in [1.165, 1.54) is 20.5 Å². The summed E-state index contributed by atoms with van der Waals surface area (Å²) in [5.74, 6) is 0. The van der Waals surface area contributed by atoms with Gasteiger partial charge in [-0.15, -0.1) is 11.3 Å². The summed E-state index contributed by atoms with van der Waals surface area (Å²) in [7, 11) is 0. The van der Waals surface area contributed by atoms with Gasteiger partial charge in [-0.3, -0.25) is 4.99 Å². The molecule has 1 nitrogen and oxygen atoms in total. The van der Waals surface area contributed by atoms with Gasteiger partial charge >= 0.3 is 0 Å². The van der Waals surface area contributed by atoms with Crippen LogP contribution < -0.4 is 0 Å². The number of benzene rings is 1. The van der Waals surface area contributed by atoms with E-state index in [-0.39, 0.29) is 0 Å². The Morgan fingerprint density at radius 2 is 2.15 bits per heavy atom. The SMILES string of the molecule is CC1N=Cc2c1sc1ccccc21. The van der Waals surface area contributed by atoms with Crippen molar-refractivity contribution < 1.29 is 0 Å². The van der Waals surface area contributed by atoms with Crippen molar-refractivity contribution in [2.45, 2.75) is 13.0 Å². The molecule has 1 aliphatic heterocycles. The summed E-state index contributed by atoms with van der Waals surface area (Å²) in [5, 5.41) is 1.36. The fourth-order valence-corrected chi connectivity index (χ4v) is 2.96. The van der Waals surface area contributed by atoms with Gasteiger partial charge < -0.3 is 0 Å². The maximum absolute atomic E-state index is 4.40. The number of fused-ring (bicyclic) bond motifs is 3. The predicted molar refractivity (Wildman–Crippen MR) is 57.8 cm³/mol. The summed E-state index contributed by atoms with van der Waals surface area (Å²) in [6, 6.07) is 8.91. The van der Waals surface area contributed by atoms with Crippen molar-refractivity contribution in [1.82, 2.24) is 0 Å². The maximum Gasteiger partial charge on any atom is 0.0820 e. The number of hydrogen-bond acceptors (Lipinski definition) is 2. The second kappa shape index (κ2) is 2.42. The third-order valence-corrected chi connectivity index (χ3v) is 3.83. The molecular formula is C11H9NS. The molecule has 0 aliphatic carbocycles. The molecule has 1 unspecified atom stereocenters. The van der Waals surface area contributed by atoms with Crippen LogP contribution in [0.4, 0.5) is 0 Å². The summed E-state index contributed by atoms with van der Waals surface area (Å²) in [5.41, 5.74) is 1.34. The van der Waals surface area contributed by atoms with Crippen molar-refractivity contribution in [3.8, 4) is 0 Å². The Labute approximate surface area is 80.7 Å². The normalized spacial score (nSPS) is 19.6. The minimum atomic E-state index is 0.368. The molecule has 0 amide bonds. The fraction of sp³-hybridized carbons (Fsp3) is 0.182. The smallest absolute Gasteiger partial charge is 0.0820 e. The van der Waals surface area contributed by atoms with Crippen molar-refractivity contribution in [2.24, 2.45) is 4.99 Å². The molecule has 2 aromatic rings. The summed E-state index contributed by atoms with van der Waals surface area (Å²) < 4.78 is 1.38. The Kier molecular flexibility index (Phi) is 1.35. The van der Waals surface area contributed by atoms with Crippen LogP contribution in [0, 0.1) is 0 Å². The zero-order valence-corrected chi connectivity index (χ0v) is 8.14. The van der Waals surface area contributed by atoms with Gasteiger partial charge in [0.15, 0.2) is 0 Å². The van der Waals surface area contributed by atoms with Crippen LogP contribution in [0.5, 0.6) is 0 Å². The first kappa shape index (κ1) is 7.27.